The second-order valence-corrected chi connectivity index (χ2v) is 5.89. The molecular weight excluding hydrogens is 319 g/mol. The number of carbonyl (C=O) groups is 1. The van der Waals surface area contributed by atoms with Crippen molar-refractivity contribution in [2.45, 2.75) is 6.42 Å². The fourth-order valence-electron chi connectivity index (χ4n) is 2.53. The number of nitrogens with one attached hydrogen (secondary N) is 1. The average molecular weight is 333 g/mol. The Balaban J connectivity index is 1.83. The van der Waals surface area contributed by atoms with Crippen molar-refractivity contribution in [1.29, 1.82) is 0 Å². The highest BCUT2D eigenvalue weighted by atomic mass is 35.5. The molecule has 0 saturated heterocycles. The van der Waals surface area contributed by atoms with Crippen LogP contribution in [0.25, 0.3) is 10.9 Å². The van der Waals surface area contributed by atoms with Crippen molar-refractivity contribution in [2.75, 3.05) is 5.32 Å². The van der Waals surface area contributed by atoms with Crippen LogP contribution in [0.5, 0.6) is 0 Å². The monoisotopic (exact) mass is 332 g/mol. The lowest BCUT2D eigenvalue weighted by atomic mass is 10.1. The summed E-state index contributed by atoms with van der Waals surface area (Å²) < 4.78 is 2.02. The normalized spacial score (nSPS) is 10.9. The van der Waals surface area contributed by atoms with Crippen molar-refractivity contribution in [3.8, 4) is 0 Å². The number of rotatable bonds is 3. The van der Waals surface area contributed by atoms with Crippen molar-refractivity contribution >= 4 is 45.7 Å². The Morgan fingerprint density at radius 1 is 1.14 bits per heavy atom. The third kappa shape index (κ3) is 2.82. The van der Waals surface area contributed by atoms with E-state index in [1.54, 1.807) is 18.2 Å². The Hall–Kier alpha value is -1.97. The molecule has 1 aromatic heterocycles. The standard InChI is InChI=1S/C17H14Cl2N2O/c1-21-10-11(12-5-2-3-8-15(12)21)9-16(22)20-14-7-4-6-13(18)17(14)19/h2-8,10H,9H2,1H3,(H,20,22). The molecule has 0 aliphatic rings. The molecule has 3 nitrogen and oxygen atoms in total. The molecule has 112 valence electrons. The van der Waals surface area contributed by atoms with Gasteiger partial charge in [-0.2, -0.15) is 0 Å². The Bertz CT molecular complexity index is 855. The van der Waals surface area contributed by atoms with Gasteiger partial charge in [0.1, 0.15) is 0 Å². The summed E-state index contributed by atoms with van der Waals surface area (Å²) in [6.07, 6.45) is 2.26. The van der Waals surface area contributed by atoms with Crippen molar-refractivity contribution in [1.82, 2.24) is 4.57 Å². The minimum atomic E-state index is -0.125. The maximum absolute atomic E-state index is 12.3. The first-order valence-corrected chi connectivity index (χ1v) is 7.58. The van der Waals surface area contributed by atoms with E-state index in [1.165, 1.54) is 0 Å². The first-order chi connectivity index (χ1) is 10.6. The molecule has 22 heavy (non-hydrogen) atoms. The van der Waals surface area contributed by atoms with Gasteiger partial charge in [-0.25, -0.2) is 0 Å². The Morgan fingerprint density at radius 2 is 1.91 bits per heavy atom. The van der Waals surface area contributed by atoms with Gasteiger partial charge in [0.15, 0.2) is 0 Å². The van der Waals surface area contributed by atoms with Crippen LogP contribution < -0.4 is 5.32 Å². The number of aryl methyl sites for hydroxylation is 1. The lowest BCUT2D eigenvalue weighted by Crippen LogP contribution is -2.14. The van der Waals surface area contributed by atoms with E-state index >= 15 is 0 Å². The summed E-state index contributed by atoms with van der Waals surface area (Å²) >= 11 is 12.0. The maximum Gasteiger partial charge on any atom is 0.228 e. The van der Waals surface area contributed by atoms with E-state index in [-0.39, 0.29) is 12.3 Å². The van der Waals surface area contributed by atoms with Crippen molar-refractivity contribution in [3.05, 3.63) is 64.3 Å². The topological polar surface area (TPSA) is 34.0 Å². The first-order valence-electron chi connectivity index (χ1n) is 6.83. The number of nitrogens with zero attached hydrogens (tertiary/aromatic N) is 1. The molecule has 1 amide bonds. The van der Waals surface area contributed by atoms with Gasteiger partial charge in [-0.15, -0.1) is 0 Å². The third-order valence-corrected chi connectivity index (χ3v) is 4.38. The molecule has 1 N–H and O–H groups in total. The fraction of sp³-hybridized carbons (Fsp3) is 0.118. The predicted molar refractivity (Wildman–Crippen MR) is 91.7 cm³/mol. The largest absolute Gasteiger partial charge is 0.350 e. The zero-order valence-electron chi connectivity index (χ0n) is 11.9. The van der Waals surface area contributed by atoms with Gasteiger partial charge in [0.2, 0.25) is 5.91 Å². The summed E-state index contributed by atoms with van der Waals surface area (Å²) in [5.41, 5.74) is 2.61. The molecule has 0 aliphatic heterocycles. The average Bonchev–Trinajstić information content (AvgIpc) is 2.81. The molecule has 5 heteroatoms. The first kappa shape index (κ1) is 14.9. The summed E-state index contributed by atoms with van der Waals surface area (Å²) in [6, 6.07) is 13.2. The van der Waals surface area contributed by atoms with Crippen LogP contribution in [-0.2, 0) is 18.3 Å². The van der Waals surface area contributed by atoms with Crippen molar-refractivity contribution < 1.29 is 4.79 Å². The van der Waals surface area contributed by atoms with Crippen LogP contribution in [0.2, 0.25) is 10.0 Å². The quantitative estimate of drug-likeness (QED) is 0.743. The third-order valence-electron chi connectivity index (χ3n) is 3.56. The van der Waals surface area contributed by atoms with Crippen molar-refractivity contribution in [3.63, 3.8) is 0 Å². The van der Waals surface area contributed by atoms with Crippen LogP contribution in [0.15, 0.2) is 48.7 Å². The second kappa shape index (κ2) is 6.03. The molecule has 3 aromatic rings. The van der Waals surface area contributed by atoms with Gasteiger partial charge in [-0.1, -0.05) is 47.5 Å². The second-order valence-electron chi connectivity index (χ2n) is 5.11. The SMILES string of the molecule is Cn1cc(CC(=O)Nc2cccc(Cl)c2Cl)c2ccccc21. The summed E-state index contributed by atoms with van der Waals surface area (Å²) in [4.78, 5) is 12.3. The molecule has 0 fully saturated rings. The highest BCUT2D eigenvalue weighted by Crippen LogP contribution is 2.29. The number of aromatic nitrogens is 1. The minimum absolute atomic E-state index is 0.125. The van der Waals surface area contributed by atoms with Gasteiger partial charge in [-0.3, -0.25) is 4.79 Å². The lowest BCUT2D eigenvalue weighted by Gasteiger charge is -2.07. The summed E-state index contributed by atoms with van der Waals surface area (Å²) in [5, 5.41) is 4.67. The molecule has 0 unspecified atom stereocenters. The van der Waals surface area contributed by atoms with E-state index in [0.29, 0.717) is 15.7 Å². The van der Waals surface area contributed by atoms with Crippen LogP contribution in [0.1, 0.15) is 5.56 Å². The molecule has 0 saturated carbocycles. The number of anilines is 1. The van der Waals surface area contributed by atoms with Gasteiger partial charge in [0.25, 0.3) is 0 Å². The van der Waals surface area contributed by atoms with E-state index in [2.05, 4.69) is 5.32 Å². The van der Waals surface area contributed by atoms with Crippen LogP contribution in [0.4, 0.5) is 5.69 Å². The number of para-hydroxylation sites is 1. The molecular formula is C17H14Cl2N2O. The van der Waals surface area contributed by atoms with E-state index in [1.807, 2.05) is 42.1 Å². The number of hydrogen-bond donors (Lipinski definition) is 1. The van der Waals surface area contributed by atoms with Crippen LogP contribution in [-0.4, -0.2) is 10.5 Å². The number of fused-ring (bicyclic) bond motifs is 1. The van der Waals surface area contributed by atoms with Gasteiger partial charge in [-0.05, 0) is 23.8 Å². The number of carbonyl (C=O) groups excluding carboxylic acids is 1. The maximum atomic E-state index is 12.3. The molecule has 0 spiro atoms. The van der Waals surface area contributed by atoms with E-state index in [9.17, 15) is 4.79 Å². The molecule has 0 atom stereocenters. The molecule has 0 bridgehead atoms. The molecule has 0 aliphatic carbocycles. The number of halogens is 2. The van der Waals surface area contributed by atoms with Crippen molar-refractivity contribution in [2.24, 2.45) is 7.05 Å². The van der Waals surface area contributed by atoms with Crippen LogP contribution in [0, 0.1) is 0 Å². The molecule has 3 rings (SSSR count). The Kier molecular flexibility index (Phi) is 4.10. The van der Waals surface area contributed by atoms with E-state index in [4.69, 9.17) is 23.2 Å². The summed E-state index contributed by atoms with van der Waals surface area (Å²) in [6.45, 7) is 0. The summed E-state index contributed by atoms with van der Waals surface area (Å²) in [7, 11) is 1.97. The zero-order valence-corrected chi connectivity index (χ0v) is 13.4. The zero-order chi connectivity index (χ0) is 15.7. The minimum Gasteiger partial charge on any atom is -0.350 e. The number of hydrogen-bond acceptors (Lipinski definition) is 1. The highest BCUT2D eigenvalue weighted by Gasteiger charge is 2.12. The Morgan fingerprint density at radius 3 is 2.73 bits per heavy atom. The summed E-state index contributed by atoms with van der Waals surface area (Å²) in [5.74, 6) is -0.125. The van der Waals surface area contributed by atoms with E-state index < -0.39 is 0 Å². The molecule has 0 radical (unpaired) electrons. The van der Waals surface area contributed by atoms with E-state index in [0.717, 1.165) is 16.5 Å². The Labute approximate surface area is 138 Å². The molecule has 1 heterocycles. The van der Waals surface area contributed by atoms with Gasteiger partial charge < -0.3 is 9.88 Å². The fourth-order valence-corrected chi connectivity index (χ4v) is 2.88. The van der Waals surface area contributed by atoms with Gasteiger partial charge in [0, 0.05) is 24.1 Å². The van der Waals surface area contributed by atoms with Crippen LogP contribution >= 0.6 is 23.2 Å². The smallest absolute Gasteiger partial charge is 0.228 e. The predicted octanol–water partition coefficient (Wildman–Crippen LogP) is 4.67. The highest BCUT2D eigenvalue weighted by molar-refractivity contribution is 6.44. The van der Waals surface area contributed by atoms with Crippen LogP contribution in [0.3, 0.4) is 0 Å². The number of amides is 1. The number of benzene rings is 2. The van der Waals surface area contributed by atoms with Gasteiger partial charge in [0.05, 0.1) is 22.2 Å². The molecule has 2 aromatic carbocycles. The lowest BCUT2D eigenvalue weighted by molar-refractivity contribution is -0.115. The van der Waals surface area contributed by atoms with Gasteiger partial charge >= 0.3 is 0 Å².